The van der Waals surface area contributed by atoms with E-state index in [0.29, 0.717) is 29.8 Å². The summed E-state index contributed by atoms with van der Waals surface area (Å²) in [4.78, 5) is 15.0. The summed E-state index contributed by atoms with van der Waals surface area (Å²) in [6.07, 6.45) is 2.09. The maximum absolute atomic E-state index is 13.3. The van der Waals surface area contributed by atoms with E-state index < -0.39 is 20.0 Å². The molecule has 1 aromatic carbocycles. The molecule has 33 heavy (non-hydrogen) atoms. The van der Waals surface area contributed by atoms with Crippen LogP contribution in [0.25, 0.3) is 0 Å². The lowest BCUT2D eigenvalue weighted by Gasteiger charge is -2.23. The number of hydrogen-bond acceptors (Lipinski definition) is 7. The van der Waals surface area contributed by atoms with Gasteiger partial charge in [0.05, 0.1) is 4.90 Å². The minimum atomic E-state index is -3.81. The lowest BCUT2D eigenvalue weighted by molar-refractivity contribution is 0.0763. The maximum Gasteiger partial charge on any atom is 0.254 e. The van der Waals surface area contributed by atoms with Crippen LogP contribution in [0.3, 0.4) is 0 Å². The molecule has 1 amide bonds. The maximum atomic E-state index is 13.3. The number of aromatic nitrogens is 1. The first-order valence-electron chi connectivity index (χ1n) is 10.9. The fourth-order valence-electron chi connectivity index (χ4n) is 3.97. The molecule has 4 rings (SSSR count). The van der Waals surface area contributed by atoms with Crippen molar-refractivity contribution in [1.29, 1.82) is 0 Å². The van der Waals surface area contributed by atoms with Gasteiger partial charge in [-0.15, -0.1) is 0 Å². The molecular weight excluding hydrogens is 468 g/mol. The molecule has 2 heterocycles. The number of aryl methyl sites for hydroxylation is 3. The number of sulfonamides is 2. The van der Waals surface area contributed by atoms with Crippen molar-refractivity contribution < 1.29 is 26.2 Å². The number of nitrogens with one attached hydrogen (secondary N) is 1. The van der Waals surface area contributed by atoms with Gasteiger partial charge in [0.2, 0.25) is 20.0 Å². The number of carbonyl (C=O) groups is 1. The number of amides is 1. The Morgan fingerprint density at radius 2 is 1.79 bits per heavy atom. The number of hydrogen-bond donors (Lipinski definition) is 1. The van der Waals surface area contributed by atoms with Crippen molar-refractivity contribution >= 4 is 26.0 Å². The standard InChI is InChI=1S/C21H28N4O6S2/c1-14-5-8-18(32(27,28)23-17-6-7-17)13-19(14)21(26)24-9-4-10-25(12-11-24)33(29,30)20-15(2)22-31-16(20)3/h5,8,13,17,23H,4,6-7,9-12H2,1-3H3. The fraction of sp³-hybridized carbons (Fsp3) is 0.524. The van der Waals surface area contributed by atoms with Crippen LogP contribution in [-0.4, -0.2) is 69.3 Å². The third-order valence-electron chi connectivity index (χ3n) is 5.96. The molecule has 12 heteroatoms. The van der Waals surface area contributed by atoms with Gasteiger partial charge in [-0.05, 0) is 57.7 Å². The van der Waals surface area contributed by atoms with Crippen LogP contribution in [0.15, 0.2) is 32.5 Å². The number of benzene rings is 1. The molecule has 0 unspecified atom stereocenters. The summed E-state index contributed by atoms with van der Waals surface area (Å²) >= 11 is 0. The van der Waals surface area contributed by atoms with Crippen molar-refractivity contribution in [3.63, 3.8) is 0 Å². The van der Waals surface area contributed by atoms with Crippen LogP contribution in [-0.2, 0) is 20.0 Å². The summed E-state index contributed by atoms with van der Waals surface area (Å²) in [5.41, 5.74) is 1.27. The van der Waals surface area contributed by atoms with Crippen molar-refractivity contribution in [3.8, 4) is 0 Å². The molecule has 1 aromatic heterocycles. The van der Waals surface area contributed by atoms with Crippen molar-refractivity contribution in [2.75, 3.05) is 26.2 Å². The van der Waals surface area contributed by atoms with Crippen molar-refractivity contribution in [1.82, 2.24) is 19.1 Å². The van der Waals surface area contributed by atoms with Crippen LogP contribution in [0, 0.1) is 20.8 Å². The number of carbonyl (C=O) groups excluding carboxylic acids is 1. The van der Waals surface area contributed by atoms with Gasteiger partial charge in [-0.1, -0.05) is 11.2 Å². The van der Waals surface area contributed by atoms with Gasteiger partial charge in [0.25, 0.3) is 5.91 Å². The van der Waals surface area contributed by atoms with Crippen LogP contribution in [0.4, 0.5) is 0 Å². The van der Waals surface area contributed by atoms with E-state index in [9.17, 15) is 21.6 Å². The summed E-state index contributed by atoms with van der Waals surface area (Å²) in [6.45, 7) is 5.83. The van der Waals surface area contributed by atoms with Gasteiger partial charge in [0, 0.05) is 37.8 Å². The number of rotatable bonds is 6. The van der Waals surface area contributed by atoms with E-state index in [0.717, 1.165) is 12.8 Å². The monoisotopic (exact) mass is 496 g/mol. The highest BCUT2D eigenvalue weighted by Crippen LogP contribution is 2.26. The second-order valence-electron chi connectivity index (χ2n) is 8.58. The Balaban J connectivity index is 1.53. The summed E-state index contributed by atoms with van der Waals surface area (Å²) in [7, 11) is -7.50. The van der Waals surface area contributed by atoms with E-state index >= 15 is 0 Å². The molecule has 1 aliphatic heterocycles. The Morgan fingerprint density at radius 1 is 1.06 bits per heavy atom. The zero-order valence-electron chi connectivity index (χ0n) is 18.9. The molecule has 180 valence electrons. The highest BCUT2D eigenvalue weighted by atomic mass is 32.2. The molecule has 0 atom stereocenters. The molecule has 2 aromatic rings. The van der Waals surface area contributed by atoms with Crippen molar-refractivity contribution in [2.45, 2.75) is 55.9 Å². The lowest BCUT2D eigenvalue weighted by atomic mass is 10.1. The largest absolute Gasteiger partial charge is 0.360 e. The first-order chi connectivity index (χ1) is 15.5. The Labute approximate surface area is 194 Å². The van der Waals surface area contributed by atoms with Crippen LogP contribution >= 0.6 is 0 Å². The Kier molecular flexibility index (Phi) is 6.38. The molecule has 2 aliphatic rings. The van der Waals surface area contributed by atoms with Crippen LogP contribution in [0.5, 0.6) is 0 Å². The second-order valence-corrected chi connectivity index (χ2v) is 12.2. The number of nitrogens with zero attached hydrogens (tertiary/aromatic N) is 3. The van der Waals surface area contributed by atoms with Crippen LogP contribution < -0.4 is 4.72 Å². The van der Waals surface area contributed by atoms with Crippen molar-refractivity contribution in [3.05, 3.63) is 40.8 Å². The fourth-order valence-corrected chi connectivity index (χ4v) is 7.06. The van der Waals surface area contributed by atoms with E-state index in [-0.39, 0.29) is 47.1 Å². The molecule has 10 nitrogen and oxygen atoms in total. The Bertz CT molecular complexity index is 1260. The predicted octanol–water partition coefficient (Wildman–Crippen LogP) is 1.58. The second kappa shape index (κ2) is 8.82. The van der Waals surface area contributed by atoms with E-state index in [2.05, 4.69) is 9.88 Å². The lowest BCUT2D eigenvalue weighted by Crippen LogP contribution is -2.38. The first-order valence-corrected chi connectivity index (χ1v) is 13.8. The molecule has 1 N–H and O–H groups in total. The molecule has 0 bridgehead atoms. The summed E-state index contributed by atoms with van der Waals surface area (Å²) < 4.78 is 60.5. The summed E-state index contributed by atoms with van der Waals surface area (Å²) in [5, 5.41) is 3.74. The van der Waals surface area contributed by atoms with E-state index in [1.807, 2.05) is 0 Å². The molecule has 0 radical (unpaired) electrons. The molecule has 2 fully saturated rings. The van der Waals surface area contributed by atoms with Crippen LogP contribution in [0.2, 0.25) is 0 Å². The zero-order chi connectivity index (χ0) is 24.0. The highest BCUT2D eigenvalue weighted by molar-refractivity contribution is 7.89. The quantitative estimate of drug-likeness (QED) is 0.642. The zero-order valence-corrected chi connectivity index (χ0v) is 20.5. The minimum absolute atomic E-state index is 0.0355. The van der Waals surface area contributed by atoms with Gasteiger partial charge in [0.1, 0.15) is 10.6 Å². The molecule has 1 saturated heterocycles. The average Bonchev–Trinajstić information content (AvgIpc) is 3.52. The third-order valence-corrected chi connectivity index (χ3v) is 9.62. The first kappa shape index (κ1) is 23.9. The van der Waals surface area contributed by atoms with E-state index in [1.54, 1.807) is 31.7 Å². The van der Waals surface area contributed by atoms with Crippen molar-refractivity contribution in [2.24, 2.45) is 0 Å². The van der Waals surface area contributed by atoms with Gasteiger partial charge in [0.15, 0.2) is 5.76 Å². The van der Waals surface area contributed by atoms with Gasteiger partial charge in [-0.25, -0.2) is 21.6 Å². The van der Waals surface area contributed by atoms with Gasteiger partial charge in [-0.2, -0.15) is 4.31 Å². The topological polar surface area (TPSA) is 130 Å². The SMILES string of the molecule is Cc1ccc(S(=O)(=O)NC2CC2)cc1C(=O)N1CCCN(S(=O)(=O)c2c(C)noc2C)CC1. The van der Waals surface area contributed by atoms with Gasteiger partial charge < -0.3 is 9.42 Å². The van der Waals surface area contributed by atoms with E-state index in [1.165, 1.54) is 16.4 Å². The smallest absolute Gasteiger partial charge is 0.254 e. The van der Waals surface area contributed by atoms with E-state index in [4.69, 9.17) is 4.52 Å². The summed E-state index contributed by atoms with van der Waals surface area (Å²) in [6, 6.07) is 4.50. The Hall–Kier alpha value is -2.28. The predicted molar refractivity (Wildman–Crippen MR) is 120 cm³/mol. The minimum Gasteiger partial charge on any atom is -0.360 e. The molecule has 0 spiro atoms. The molecule has 1 aliphatic carbocycles. The highest BCUT2D eigenvalue weighted by Gasteiger charge is 2.34. The average molecular weight is 497 g/mol. The molecular formula is C21H28N4O6S2. The molecule has 1 saturated carbocycles. The van der Waals surface area contributed by atoms with Gasteiger partial charge in [-0.3, -0.25) is 4.79 Å². The normalized spacial score (nSPS) is 18.3. The summed E-state index contributed by atoms with van der Waals surface area (Å²) in [5.74, 6) is -0.0781. The van der Waals surface area contributed by atoms with Crippen LogP contribution in [0.1, 0.15) is 46.6 Å². The third kappa shape index (κ3) is 4.84. The van der Waals surface area contributed by atoms with Gasteiger partial charge >= 0.3 is 0 Å². The Morgan fingerprint density at radius 3 is 2.42 bits per heavy atom.